The number of H-pyrrole nitrogens is 1. The molecule has 0 aliphatic carbocycles. The second kappa shape index (κ2) is 4.97. The van der Waals surface area contributed by atoms with Gasteiger partial charge in [-0.1, -0.05) is 0 Å². The average molecular weight is 234 g/mol. The van der Waals surface area contributed by atoms with Gasteiger partial charge in [0.1, 0.15) is 0 Å². The summed E-state index contributed by atoms with van der Waals surface area (Å²) in [5, 5.41) is 4.88. The monoisotopic (exact) mass is 234 g/mol. The Morgan fingerprint density at radius 1 is 1.47 bits per heavy atom. The lowest BCUT2D eigenvalue weighted by atomic mass is 10.4. The Balaban J connectivity index is 1.79. The van der Waals surface area contributed by atoms with Crippen LogP contribution in [0.2, 0.25) is 0 Å². The molecule has 0 bridgehead atoms. The molecule has 7 nitrogen and oxygen atoms in total. The maximum Gasteiger partial charge on any atom is 0.287 e. The molecule has 7 heteroatoms. The SMILES string of the molecule is O=C(CNC(=O)c1ccco1)Nc1ncc[nH]1. The molecular weight excluding hydrogens is 224 g/mol. The molecule has 0 saturated carbocycles. The molecule has 17 heavy (non-hydrogen) atoms. The number of nitrogens with zero attached hydrogens (tertiary/aromatic N) is 1. The van der Waals surface area contributed by atoms with Gasteiger partial charge in [-0.2, -0.15) is 0 Å². The summed E-state index contributed by atoms with van der Waals surface area (Å²) in [6.45, 7) is -0.153. The molecule has 0 aliphatic rings. The van der Waals surface area contributed by atoms with Gasteiger partial charge in [0.2, 0.25) is 11.9 Å². The lowest BCUT2D eigenvalue weighted by molar-refractivity contribution is -0.115. The first-order chi connectivity index (χ1) is 8.25. The summed E-state index contributed by atoms with van der Waals surface area (Å²) >= 11 is 0. The normalized spacial score (nSPS) is 9.88. The van der Waals surface area contributed by atoms with Gasteiger partial charge in [-0.3, -0.25) is 14.9 Å². The van der Waals surface area contributed by atoms with Crippen molar-refractivity contribution in [1.29, 1.82) is 0 Å². The number of amides is 2. The number of imidazole rings is 1. The first-order valence-electron chi connectivity index (χ1n) is 4.86. The predicted molar refractivity (Wildman–Crippen MR) is 58.3 cm³/mol. The standard InChI is InChI=1S/C10H10N4O3/c15-8(14-10-11-3-4-12-10)6-13-9(16)7-2-1-5-17-7/h1-5H,6H2,(H,13,16)(H2,11,12,14,15). The van der Waals surface area contributed by atoms with Crippen LogP contribution < -0.4 is 10.6 Å². The van der Waals surface area contributed by atoms with Crippen molar-refractivity contribution in [3.8, 4) is 0 Å². The highest BCUT2D eigenvalue weighted by molar-refractivity contribution is 5.97. The minimum absolute atomic E-state index is 0.153. The molecule has 2 aromatic heterocycles. The molecule has 0 radical (unpaired) electrons. The molecule has 0 saturated heterocycles. The molecular formula is C10H10N4O3. The number of hydrogen-bond acceptors (Lipinski definition) is 4. The summed E-state index contributed by atoms with van der Waals surface area (Å²) in [6, 6.07) is 3.11. The fourth-order valence-electron chi connectivity index (χ4n) is 1.17. The third-order valence-corrected chi connectivity index (χ3v) is 1.91. The molecule has 0 aliphatic heterocycles. The number of nitrogens with one attached hydrogen (secondary N) is 3. The Labute approximate surface area is 96.2 Å². The van der Waals surface area contributed by atoms with Crippen LogP contribution in [0.25, 0.3) is 0 Å². The van der Waals surface area contributed by atoms with Crippen molar-refractivity contribution >= 4 is 17.8 Å². The third-order valence-electron chi connectivity index (χ3n) is 1.91. The molecule has 0 unspecified atom stereocenters. The Hall–Kier alpha value is -2.57. The van der Waals surface area contributed by atoms with E-state index in [0.29, 0.717) is 5.95 Å². The van der Waals surface area contributed by atoms with Crippen molar-refractivity contribution in [3.63, 3.8) is 0 Å². The van der Waals surface area contributed by atoms with Crippen molar-refractivity contribution in [2.24, 2.45) is 0 Å². The number of carbonyl (C=O) groups excluding carboxylic acids is 2. The number of carbonyl (C=O) groups is 2. The van der Waals surface area contributed by atoms with E-state index < -0.39 is 5.91 Å². The van der Waals surface area contributed by atoms with Gasteiger partial charge in [0.15, 0.2) is 5.76 Å². The lowest BCUT2D eigenvalue weighted by Gasteiger charge is -2.03. The Morgan fingerprint density at radius 3 is 3.00 bits per heavy atom. The van der Waals surface area contributed by atoms with Crippen molar-refractivity contribution in [3.05, 3.63) is 36.5 Å². The summed E-state index contributed by atoms with van der Waals surface area (Å²) in [7, 11) is 0. The minimum Gasteiger partial charge on any atom is -0.459 e. The maximum absolute atomic E-state index is 11.4. The molecule has 2 amide bonds. The summed E-state index contributed by atoms with van der Waals surface area (Å²) in [5.41, 5.74) is 0. The van der Waals surface area contributed by atoms with Gasteiger partial charge >= 0.3 is 0 Å². The number of anilines is 1. The van der Waals surface area contributed by atoms with Gasteiger partial charge in [0.05, 0.1) is 12.8 Å². The quantitative estimate of drug-likeness (QED) is 0.711. The Morgan fingerprint density at radius 2 is 2.35 bits per heavy atom. The summed E-state index contributed by atoms with van der Waals surface area (Å²) in [5.74, 6) is -0.317. The first-order valence-corrected chi connectivity index (χ1v) is 4.86. The average Bonchev–Trinajstić information content (AvgIpc) is 2.97. The van der Waals surface area contributed by atoms with Crippen LogP contribution in [0.5, 0.6) is 0 Å². The number of rotatable bonds is 4. The van der Waals surface area contributed by atoms with E-state index in [1.807, 2.05) is 0 Å². The minimum atomic E-state index is -0.440. The molecule has 2 aromatic rings. The predicted octanol–water partition coefficient (Wildman–Crippen LogP) is 0.371. The molecule has 0 aromatic carbocycles. The van der Waals surface area contributed by atoms with Gasteiger partial charge in [-0.05, 0) is 12.1 Å². The zero-order valence-corrected chi connectivity index (χ0v) is 8.77. The van der Waals surface area contributed by atoms with Crippen LogP contribution in [0.1, 0.15) is 10.6 Å². The van der Waals surface area contributed by atoms with E-state index in [2.05, 4.69) is 20.6 Å². The first kappa shape index (κ1) is 10.9. The van der Waals surface area contributed by atoms with Crippen LogP contribution in [0, 0.1) is 0 Å². The van der Waals surface area contributed by atoms with E-state index >= 15 is 0 Å². The van der Waals surface area contributed by atoms with E-state index in [0.717, 1.165) is 0 Å². The van der Waals surface area contributed by atoms with E-state index in [-0.39, 0.29) is 18.2 Å². The zero-order chi connectivity index (χ0) is 12.1. The van der Waals surface area contributed by atoms with E-state index in [9.17, 15) is 9.59 Å². The second-order valence-corrected chi connectivity index (χ2v) is 3.15. The molecule has 0 atom stereocenters. The summed E-state index contributed by atoms with van der Waals surface area (Å²) in [4.78, 5) is 29.3. The summed E-state index contributed by atoms with van der Waals surface area (Å²) in [6.07, 6.45) is 4.48. The third kappa shape index (κ3) is 2.94. The number of hydrogen-bond donors (Lipinski definition) is 3. The lowest BCUT2D eigenvalue weighted by Crippen LogP contribution is -2.32. The molecule has 88 valence electrons. The fraction of sp³-hybridized carbons (Fsp3) is 0.100. The molecule has 0 spiro atoms. The highest BCUT2D eigenvalue weighted by Crippen LogP contribution is 1.99. The second-order valence-electron chi connectivity index (χ2n) is 3.15. The van der Waals surface area contributed by atoms with Gasteiger partial charge in [0.25, 0.3) is 5.91 Å². The van der Waals surface area contributed by atoms with E-state index in [1.54, 1.807) is 12.3 Å². The number of furan rings is 1. The maximum atomic E-state index is 11.4. The van der Waals surface area contributed by atoms with Crippen LogP contribution in [0.4, 0.5) is 5.95 Å². The zero-order valence-electron chi connectivity index (χ0n) is 8.77. The molecule has 0 fully saturated rings. The van der Waals surface area contributed by atoms with Crippen molar-refractivity contribution in [2.45, 2.75) is 0 Å². The topological polar surface area (TPSA) is 100 Å². The Kier molecular flexibility index (Phi) is 3.20. The van der Waals surface area contributed by atoms with Crippen molar-refractivity contribution in [2.75, 3.05) is 11.9 Å². The van der Waals surface area contributed by atoms with Crippen LogP contribution in [0.3, 0.4) is 0 Å². The molecule has 2 heterocycles. The van der Waals surface area contributed by atoms with E-state index in [1.165, 1.54) is 18.5 Å². The molecule has 2 rings (SSSR count). The van der Waals surface area contributed by atoms with Crippen LogP contribution in [0.15, 0.2) is 35.2 Å². The van der Waals surface area contributed by atoms with Crippen LogP contribution in [-0.4, -0.2) is 28.3 Å². The van der Waals surface area contributed by atoms with Gasteiger partial charge < -0.3 is 14.7 Å². The summed E-state index contributed by atoms with van der Waals surface area (Å²) < 4.78 is 4.87. The van der Waals surface area contributed by atoms with Gasteiger partial charge in [-0.25, -0.2) is 4.98 Å². The molecule has 3 N–H and O–H groups in total. The van der Waals surface area contributed by atoms with Crippen molar-refractivity contribution in [1.82, 2.24) is 15.3 Å². The number of aromatic amines is 1. The van der Waals surface area contributed by atoms with Crippen molar-refractivity contribution < 1.29 is 14.0 Å². The van der Waals surface area contributed by atoms with Crippen LogP contribution >= 0.6 is 0 Å². The fourth-order valence-corrected chi connectivity index (χ4v) is 1.17. The Bertz CT molecular complexity index is 490. The highest BCUT2D eigenvalue weighted by atomic mass is 16.3. The largest absolute Gasteiger partial charge is 0.459 e. The smallest absolute Gasteiger partial charge is 0.287 e. The van der Waals surface area contributed by atoms with E-state index in [4.69, 9.17) is 4.42 Å². The van der Waals surface area contributed by atoms with Gasteiger partial charge in [0, 0.05) is 12.4 Å². The van der Waals surface area contributed by atoms with Gasteiger partial charge in [-0.15, -0.1) is 0 Å². The van der Waals surface area contributed by atoms with Crippen LogP contribution in [-0.2, 0) is 4.79 Å². The number of aromatic nitrogens is 2. The highest BCUT2D eigenvalue weighted by Gasteiger charge is 2.10.